The average Bonchev–Trinajstić information content (AvgIpc) is 2.90. The van der Waals surface area contributed by atoms with Crippen molar-refractivity contribution >= 4 is 11.0 Å². The van der Waals surface area contributed by atoms with Crippen LogP contribution >= 0.6 is 0 Å². The normalized spacial score (nSPS) is 10.7. The third kappa shape index (κ3) is 3.31. The highest BCUT2D eigenvalue weighted by Crippen LogP contribution is 2.12. The van der Waals surface area contributed by atoms with E-state index in [4.69, 9.17) is 9.57 Å². The van der Waals surface area contributed by atoms with Crippen LogP contribution in [-0.2, 0) is 0 Å². The van der Waals surface area contributed by atoms with Crippen molar-refractivity contribution in [3.8, 4) is 5.75 Å². The largest absolute Gasteiger partial charge is 0.493 e. The van der Waals surface area contributed by atoms with E-state index in [2.05, 4.69) is 10.3 Å². The summed E-state index contributed by atoms with van der Waals surface area (Å²) < 4.78 is 5.67. The molecule has 2 aromatic carbocycles. The highest BCUT2D eigenvalue weighted by Gasteiger charge is 2.03. The molecule has 0 bridgehead atoms. The van der Waals surface area contributed by atoms with Gasteiger partial charge in [0.25, 0.3) is 0 Å². The Bertz CT molecular complexity index is 724. The second kappa shape index (κ2) is 6.26. The molecule has 3 rings (SSSR count). The molecule has 0 atom stereocenters. The van der Waals surface area contributed by atoms with Gasteiger partial charge < -0.3 is 9.57 Å². The molecule has 5 nitrogen and oxygen atoms in total. The summed E-state index contributed by atoms with van der Waals surface area (Å²) in [5.74, 6) is 0.890. The number of aromatic nitrogens is 3. The molecule has 0 spiro atoms. The number of benzene rings is 2. The van der Waals surface area contributed by atoms with Crippen molar-refractivity contribution in [2.75, 3.05) is 13.2 Å². The molecule has 0 amide bonds. The zero-order valence-corrected chi connectivity index (χ0v) is 11.9. The fourth-order valence-electron chi connectivity index (χ4n) is 2.05. The number of ether oxygens (including phenoxy) is 1. The number of rotatable bonds is 6. The van der Waals surface area contributed by atoms with E-state index in [1.165, 1.54) is 10.4 Å². The Labute approximate surface area is 123 Å². The highest BCUT2D eigenvalue weighted by molar-refractivity contribution is 5.73. The first-order valence-corrected chi connectivity index (χ1v) is 6.96. The van der Waals surface area contributed by atoms with Crippen molar-refractivity contribution in [3.05, 3.63) is 54.1 Å². The van der Waals surface area contributed by atoms with E-state index in [0.29, 0.717) is 13.2 Å². The zero-order valence-electron chi connectivity index (χ0n) is 11.9. The molecule has 3 aromatic rings. The van der Waals surface area contributed by atoms with Gasteiger partial charge in [0.05, 0.1) is 6.61 Å². The lowest BCUT2D eigenvalue weighted by atomic mass is 10.2. The highest BCUT2D eigenvalue weighted by atomic mass is 16.7. The molecule has 108 valence electrons. The predicted octanol–water partition coefficient (Wildman–Crippen LogP) is 2.64. The Kier molecular flexibility index (Phi) is 4.00. The van der Waals surface area contributed by atoms with Gasteiger partial charge in [-0.2, -0.15) is 0 Å². The van der Waals surface area contributed by atoms with Crippen LogP contribution in [0, 0.1) is 6.92 Å². The Morgan fingerprint density at radius 3 is 2.86 bits per heavy atom. The molecule has 0 aliphatic carbocycles. The summed E-state index contributed by atoms with van der Waals surface area (Å²) >= 11 is 0. The molecule has 1 heterocycles. The van der Waals surface area contributed by atoms with Crippen LogP contribution in [0.5, 0.6) is 5.75 Å². The van der Waals surface area contributed by atoms with E-state index < -0.39 is 0 Å². The van der Waals surface area contributed by atoms with Gasteiger partial charge in [0.15, 0.2) is 0 Å². The zero-order chi connectivity index (χ0) is 14.5. The van der Waals surface area contributed by atoms with E-state index in [9.17, 15) is 0 Å². The molecule has 0 radical (unpaired) electrons. The molecule has 0 unspecified atom stereocenters. The minimum absolute atomic E-state index is 0.527. The summed E-state index contributed by atoms with van der Waals surface area (Å²) in [6.45, 7) is 3.18. The van der Waals surface area contributed by atoms with Gasteiger partial charge in [-0.25, -0.2) is 0 Å². The van der Waals surface area contributed by atoms with Crippen LogP contribution in [0.15, 0.2) is 48.5 Å². The van der Waals surface area contributed by atoms with Gasteiger partial charge in [0.1, 0.15) is 23.4 Å². The van der Waals surface area contributed by atoms with Crippen LogP contribution < -0.4 is 9.57 Å². The molecule has 0 saturated heterocycles. The van der Waals surface area contributed by atoms with Crippen molar-refractivity contribution in [2.24, 2.45) is 0 Å². The molecular formula is C16H17N3O2. The number of hydrogen-bond acceptors (Lipinski definition) is 4. The fourth-order valence-corrected chi connectivity index (χ4v) is 2.05. The first-order chi connectivity index (χ1) is 10.3. The summed E-state index contributed by atoms with van der Waals surface area (Å²) in [6, 6.07) is 15.7. The monoisotopic (exact) mass is 283 g/mol. The molecular weight excluding hydrogens is 266 g/mol. The minimum Gasteiger partial charge on any atom is -0.493 e. The summed E-state index contributed by atoms with van der Waals surface area (Å²) in [5, 5.41) is 8.00. The van der Waals surface area contributed by atoms with Gasteiger partial charge in [-0.15, -0.1) is 5.10 Å². The number of para-hydroxylation sites is 1. The van der Waals surface area contributed by atoms with Gasteiger partial charge in [-0.05, 0) is 42.0 Å². The van der Waals surface area contributed by atoms with Gasteiger partial charge in [0.2, 0.25) is 0 Å². The number of aryl methyl sites for hydroxylation is 1. The molecule has 0 aliphatic rings. The van der Waals surface area contributed by atoms with Crippen LogP contribution in [0.1, 0.15) is 12.0 Å². The van der Waals surface area contributed by atoms with Gasteiger partial charge >= 0.3 is 0 Å². The lowest BCUT2D eigenvalue weighted by Crippen LogP contribution is -2.16. The lowest BCUT2D eigenvalue weighted by molar-refractivity contribution is 0.0779. The van der Waals surface area contributed by atoms with Crippen LogP contribution in [0.4, 0.5) is 0 Å². The molecule has 0 fully saturated rings. The van der Waals surface area contributed by atoms with Crippen molar-refractivity contribution in [1.82, 2.24) is 15.2 Å². The van der Waals surface area contributed by atoms with Crippen LogP contribution in [-0.4, -0.2) is 28.4 Å². The Morgan fingerprint density at radius 2 is 1.95 bits per heavy atom. The minimum atomic E-state index is 0.527. The molecule has 0 aliphatic heterocycles. The van der Waals surface area contributed by atoms with E-state index >= 15 is 0 Å². The predicted molar refractivity (Wildman–Crippen MR) is 80.3 cm³/mol. The smallest absolute Gasteiger partial charge is 0.130 e. The van der Waals surface area contributed by atoms with Crippen molar-refractivity contribution < 1.29 is 9.57 Å². The van der Waals surface area contributed by atoms with E-state index in [0.717, 1.165) is 23.2 Å². The molecule has 0 saturated carbocycles. The van der Waals surface area contributed by atoms with Crippen LogP contribution in [0.2, 0.25) is 0 Å². The third-order valence-electron chi connectivity index (χ3n) is 3.08. The van der Waals surface area contributed by atoms with E-state index in [1.807, 2.05) is 55.5 Å². The van der Waals surface area contributed by atoms with Crippen molar-refractivity contribution in [2.45, 2.75) is 13.3 Å². The number of nitrogens with zero attached hydrogens (tertiary/aromatic N) is 3. The van der Waals surface area contributed by atoms with Crippen molar-refractivity contribution in [3.63, 3.8) is 0 Å². The van der Waals surface area contributed by atoms with E-state index in [-0.39, 0.29) is 0 Å². The maximum absolute atomic E-state index is 5.67. The second-order valence-electron chi connectivity index (χ2n) is 4.80. The standard InChI is InChI=1S/C16H17N3O2/c1-13-6-4-7-14(12-13)20-10-5-11-21-19-16-9-3-2-8-15(16)17-18-19/h2-4,6-9,12H,5,10-11H2,1H3. The second-order valence-corrected chi connectivity index (χ2v) is 4.80. The summed E-state index contributed by atoms with van der Waals surface area (Å²) in [5.41, 5.74) is 2.89. The summed E-state index contributed by atoms with van der Waals surface area (Å²) in [4.78, 5) is 7.04. The lowest BCUT2D eigenvalue weighted by Gasteiger charge is -2.08. The maximum atomic E-state index is 5.67. The summed E-state index contributed by atoms with van der Waals surface area (Å²) in [7, 11) is 0. The van der Waals surface area contributed by atoms with Gasteiger partial charge in [-0.3, -0.25) is 0 Å². The van der Waals surface area contributed by atoms with Crippen LogP contribution in [0.3, 0.4) is 0 Å². The Hall–Kier alpha value is -2.56. The first-order valence-electron chi connectivity index (χ1n) is 6.96. The van der Waals surface area contributed by atoms with Crippen LogP contribution in [0.25, 0.3) is 11.0 Å². The van der Waals surface area contributed by atoms with Gasteiger partial charge in [-0.1, -0.05) is 29.1 Å². The molecule has 5 heteroatoms. The first kappa shape index (κ1) is 13.4. The third-order valence-corrected chi connectivity index (χ3v) is 3.08. The average molecular weight is 283 g/mol. The number of hydrogen-bond donors (Lipinski definition) is 0. The quantitative estimate of drug-likeness (QED) is 0.653. The SMILES string of the molecule is Cc1cccc(OCCCOn2nnc3ccccc32)c1. The molecule has 0 N–H and O–H groups in total. The fraction of sp³-hybridized carbons (Fsp3) is 0.250. The van der Waals surface area contributed by atoms with Gasteiger partial charge in [0, 0.05) is 6.42 Å². The topological polar surface area (TPSA) is 49.2 Å². The van der Waals surface area contributed by atoms with Crippen molar-refractivity contribution in [1.29, 1.82) is 0 Å². The number of fused-ring (bicyclic) bond motifs is 1. The molecule has 1 aromatic heterocycles. The van der Waals surface area contributed by atoms with E-state index in [1.54, 1.807) is 0 Å². The Morgan fingerprint density at radius 1 is 1.05 bits per heavy atom. The summed E-state index contributed by atoms with van der Waals surface area (Å²) in [6.07, 6.45) is 0.780. The molecule has 21 heavy (non-hydrogen) atoms. The Balaban J connectivity index is 1.46. The maximum Gasteiger partial charge on any atom is 0.130 e.